The zero-order chi connectivity index (χ0) is 26.4. The summed E-state index contributed by atoms with van der Waals surface area (Å²) < 4.78 is 14.4. The molecule has 0 aromatic heterocycles. The summed E-state index contributed by atoms with van der Waals surface area (Å²) in [6.07, 6.45) is 16.2. The molecule has 0 heterocycles. The third kappa shape index (κ3) is 16.8. The van der Waals surface area contributed by atoms with Gasteiger partial charge in [0.2, 0.25) is 0 Å². The molecule has 0 radical (unpaired) electrons. The maximum absolute atomic E-state index is 13.5. The van der Waals surface area contributed by atoms with Crippen LogP contribution < -0.4 is 0 Å². The van der Waals surface area contributed by atoms with Gasteiger partial charge in [-0.3, -0.25) is 0 Å². The molecule has 0 bridgehead atoms. The molecular formula is C28H56O4S2Sn. The Kier molecular flexibility index (Phi) is 23.8. The fourth-order valence-electron chi connectivity index (χ4n) is 4.48. The van der Waals surface area contributed by atoms with Gasteiger partial charge in [-0.2, -0.15) is 0 Å². The molecule has 0 aliphatic rings. The summed E-state index contributed by atoms with van der Waals surface area (Å²) in [6.45, 7) is 8.69. The Balaban J connectivity index is 5.61. The summed E-state index contributed by atoms with van der Waals surface area (Å²) in [5, 5.41) is 0. The molecule has 0 aromatic carbocycles. The van der Waals surface area contributed by atoms with Crippen LogP contribution in [0.1, 0.15) is 130 Å². The van der Waals surface area contributed by atoms with Crippen molar-refractivity contribution in [2.45, 2.75) is 139 Å². The number of hydrogen-bond acceptors (Lipinski definition) is 6. The summed E-state index contributed by atoms with van der Waals surface area (Å²) in [4.78, 5) is 26.9. The molecule has 0 saturated heterocycles. The summed E-state index contributed by atoms with van der Waals surface area (Å²) >= 11 is 4.87. The summed E-state index contributed by atoms with van der Waals surface area (Å²) in [5.41, 5.74) is 0. The molecule has 4 nitrogen and oxygen atoms in total. The zero-order valence-corrected chi connectivity index (χ0v) is 28.0. The summed E-state index contributed by atoms with van der Waals surface area (Å²) in [7, 11) is 0. The topological polar surface area (TPSA) is 52.6 Å². The van der Waals surface area contributed by atoms with Crippen LogP contribution in [-0.2, 0) is 15.7 Å². The second-order valence-corrected chi connectivity index (χ2v) is 20.2. The predicted octanol–water partition coefficient (Wildman–Crippen LogP) is 8.93. The number of hydrogen-bond donors (Lipinski definition) is 2. The zero-order valence-electron chi connectivity index (χ0n) is 23.3. The first-order valence-electron chi connectivity index (χ1n) is 14.6. The third-order valence-electron chi connectivity index (χ3n) is 6.83. The number of carbonyl (C=O) groups excluding carboxylic acids is 2. The van der Waals surface area contributed by atoms with Crippen molar-refractivity contribution in [1.29, 1.82) is 0 Å². The number of thiol groups is 2. The van der Waals surface area contributed by atoms with E-state index in [1.165, 1.54) is 25.7 Å². The molecule has 0 aromatic rings. The van der Waals surface area contributed by atoms with Gasteiger partial charge in [-0.1, -0.05) is 0 Å². The molecule has 35 heavy (non-hydrogen) atoms. The Morgan fingerprint density at radius 1 is 0.571 bits per heavy atom. The molecule has 2 unspecified atom stereocenters. The van der Waals surface area contributed by atoms with Crippen LogP contribution in [0.3, 0.4) is 0 Å². The van der Waals surface area contributed by atoms with Gasteiger partial charge in [0.05, 0.1) is 0 Å². The van der Waals surface area contributed by atoms with Gasteiger partial charge in [0.25, 0.3) is 0 Å². The van der Waals surface area contributed by atoms with E-state index < -0.39 is 19.2 Å². The van der Waals surface area contributed by atoms with Crippen LogP contribution in [-0.4, -0.2) is 42.6 Å². The van der Waals surface area contributed by atoms with Gasteiger partial charge in [0.1, 0.15) is 0 Å². The molecule has 0 N–H and O–H groups in total. The van der Waals surface area contributed by atoms with Crippen molar-refractivity contribution < 1.29 is 15.7 Å². The van der Waals surface area contributed by atoms with Crippen molar-refractivity contribution in [2.24, 2.45) is 11.8 Å². The third-order valence-corrected chi connectivity index (χ3v) is 17.0. The van der Waals surface area contributed by atoms with Crippen LogP contribution in [0, 0.1) is 11.8 Å². The van der Waals surface area contributed by atoms with Gasteiger partial charge in [0, 0.05) is 0 Å². The Hall–Kier alpha value is 0.439. The molecule has 0 amide bonds. The van der Waals surface area contributed by atoms with E-state index in [4.69, 9.17) is 6.15 Å². The first-order chi connectivity index (χ1) is 16.9. The van der Waals surface area contributed by atoms with Crippen LogP contribution in [0.5, 0.6) is 0 Å². The normalized spacial score (nSPS) is 13.4. The van der Waals surface area contributed by atoms with Crippen molar-refractivity contribution in [3.63, 3.8) is 0 Å². The second-order valence-electron chi connectivity index (χ2n) is 10.1. The van der Waals surface area contributed by atoms with Gasteiger partial charge in [-0.15, -0.1) is 0 Å². The molecule has 0 aliphatic carbocycles. The predicted molar refractivity (Wildman–Crippen MR) is 159 cm³/mol. The van der Waals surface area contributed by atoms with Gasteiger partial charge < -0.3 is 0 Å². The quantitative estimate of drug-likeness (QED) is 0.0629. The van der Waals surface area contributed by atoms with E-state index in [1.54, 1.807) is 0 Å². The van der Waals surface area contributed by atoms with Crippen molar-refractivity contribution in [3.05, 3.63) is 0 Å². The number of rotatable bonds is 24. The van der Waals surface area contributed by atoms with Gasteiger partial charge in [-0.25, -0.2) is 0 Å². The van der Waals surface area contributed by atoms with E-state index >= 15 is 0 Å². The molecule has 7 heteroatoms. The van der Waals surface area contributed by atoms with Crippen LogP contribution >= 0.6 is 25.3 Å². The Morgan fingerprint density at radius 3 is 1.26 bits per heavy atom. The van der Waals surface area contributed by atoms with Gasteiger partial charge in [0.15, 0.2) is 0 Å². The number of carbonyl (C=O) groups is 2. The molecule has 0 rings (SSSR count). The van der Waals surface area contributed by atoms with Crippen molar-refractivity contribution >= 4 is 56.4 Å². The average molecular weight is 640 g/mol. The van der Waals surface area contributed by atoms with Crippen LogP contribution in [0.15, 0.2) is 0 Å². The maximum atomic E-state index is 13.5. The van der Waals surface area contributed by atoms with Crippen LogP contribution in [0.4, 0.5) is 0 Å². The molecule has 2 atom stereocenters. The van der Waals surface area contributed by atoms with E-state index in [2.05, 4.69) is 53.0 Å². The van der Waals surface area contributed by atoms with E-state index in [1.807, 2.05) is 0 Å². The number of unbranched alkanes of at least 4 members (excludes halogenated alkanes) is 8. The SMILES string of the molecule is CCCCCCC(CCS)C(=O)[O][Sn]([CH2]CCC)([CH2]CCC)[O]C(=O)C(CCS)CCCCCC. The summed E-state index contributed by atoms with van der Waals surface area (Å²) in [5.74, 6) is 0.817. The fraction of sp³-hybridized carbons (Fsp3) is 0.929. The molecule has 0 saturated carbocycles. The molecule has 0 aliphatic heterocycles. The second kappa shape index (κ2) is 23.5. The van der Waals surface area contributed by atoms with Gasteiger partial charge >= 0.3 is 235 Å². The summed E-state index contributed by atoms with van der Waals surface area (Å²) in [6, 6.07) is 0. The Morgan fingerprint density at radius 2 is 0.943 bits per heavy atom. The first-order valence-corrected chi connectivity index (χ1v) is 22.2. The average Bonchev–Trinajstić information content (AvgIpc) is 2.85. The fourth-order valence-corrected chi connectivity index (χ4v) is 15.2. The Labute approximate surface area is 233 Å². The van der Waals surface area contributed by atoms with Crippen LogP contribution in [0.25, 0.3) is 0 Å². The minimum atomic E-state index is -3.95. The Bertz CT molecular complexity index is 487. The van der Waals surface area contributed by atoms with E-state index in [9.17, 15) is 9.59 Å². The standard InChI is InChI=1S/2C10H20O2S.2C4H9.Sn/c2*1-2-3-4-5-6-9(7-8-13)10(11)12;2*1-3-4-2;/h2*9,13H,2-8H2,1H3,(H,11,12);2*1,3-4H2,2H3;/q;;;;+2/p-2. The monoisotopic (exact) mass is 640 g/mol. The van der Waals surface area contributed by atoms with Crippen molar-refractivity contribution in [3.8, 4) is 0 Å². The van der Waals surface area contributed by atoms with E-state index in [-0.39, 0.29) is 23.8 Å². The molecule has 208 valence electrons. The first kappa shape index (κ1) is 35.4. The van der Waals surface area contributed by atoms with E-state index in [0.717, 1.165) is 85.9 Å². The molecule has 0 spiro atoms. The van der Waals surface area contributed by atoms with Crippen LogP contribution in [0.2, 0.25) is 8.87 Å². The van der Waals surface area contributed by atoms with E-state index in [0.29, 0.717) is 11.5 Å². The van der Waals surface area contributed by atoms with Crippen molar-refractivity contribution in [2.75, 3.05) is 11.5 Å². The minimum absolute atomic E-state index is 0.125. The van der Waals surface area contributed by atoms with Crippen molar-refractivity contribution in [1.82, 2.24) is 0 Å². The molecule has 0 fully saturated rings. The van der Waals surface area contributed by atoms with Gasteiger partial charge in [-0.05, 0) is 0 Å². The molecular weight excluding hydrogens is 583 g/mol.